The Bertz CT molecular complexity index is 2800. The number of hydrogen-bond donors (Lipinski definition) is 0. The molecular formula is C45H28N4S. The van der Waals surface area contributed by atoms with E-state index in [2.05, 4.69) is 114 Å². The Balaban J connectivity index is 1.21. The molecule has 0 saturated heterocycles. The molecule has 10 rings (SSSR count). The number of aromatic nitrogens is 4. The van der Waals surface area contributed by atoms with E-state index in [4.69, 9.17) is 15.0 Å². The summed E-state index contributed by atoms with van der Waals surface area (Å²) in [6.07, 6.45) is 0. The quantitative estimate of drug-likeness (QED) is 0.185. The number of nitrogens with zero attached hydrogens (tertiary/aromatic N) is 4. The fourth-order valence-electron chi connectivity index (χ4n) is 7.05. The van der Waals surface area contributed by atoms with Gasteiger partial charge in [-0.05, 0) is 53.6 Å². The minimum Gasteiger partial charge on any atom is -0.309 e. The summed E-state index contributed by atoms with van der Waals surface area (Å²) < 4.78 is 4.97. The van der Waals surface area contributed by atoms with Crippen LogP contribution in [0.3, 0.4) is 0 Å². The zero-order valence-corrected chi connectivity index (χ0v) is 27.7. The lowest BCUT2D eigenvalue weighted by Gasteiger charge is -2.12. The van der Waals surface area contributed by atoms with Crippen molar-refractivity contribution in [2.24, 2.45) is 0 Å². The van der Waals surface area contributed by atoms with Crippen LogP contribution in [0.1, 0.15) is 0 Å². The molecule has 0 bridgehead atoms. The van der Waals surface area contributed by atoms with E-state index >= 15 is 0 Å². The van der Waals surface area contributed by atoms with Gasteiger partial charge in [0.15, 0.2) is 17.5 Å². The molecular weight excluding hydrogens is 629 g/mol. The first-order valence-corrected chi connectivity index (χ1v) is 17.5. The topological polar surface area (TPSA) is 43.6 Å². The Morgan fingerprint density at radius 1 is 0.340 bits per heavy atom. The van der Waals surface area contributed by atoms with Gasteiger partial charge < -0.3 is 4.57 Å². The van der Waals surface area contributed by atoms with Gasteiger partial charge in [-0.3, -0.25) is 0 Å². The monoisotopic (exact) mass is 656 g/mol. The Morgan fingerprint density at radius 3 is 1.62 bits per heavy atom. The summed E-state index contributed by atoms with van der Waals surface area (Å²) in [5, 5.41) is 5.05. The van der Waals surface area contributed by atoms with E-state index in [1.165, 1.54) is 47.6 Å². The first-order valence-electron chi connectivity index (χ1n) is 16.7. The predicted octanol–water partition coefficient (Wildman–Crippen LogP) is 12.0. The molecule has 7 aromatic carbocycles. The van der Waals surface area contributed by atoms with Crippen molar-refractivity contribution in [2.75, 3.05) is 0 Å². The zero-order valence-electron chi connectivity index (χ0n) is 26.9. The third kappa shape index (κ3) is 4.79. The Morgan fingerprint density at radius 2 is 0.920 bits per heavy atom. The second kappa shape index (κ2) is 11.6. The largest absolute Gasteiger partial charge is 0.309 e. The SMILES string of the molecule is c1ccc(-c2ccc3c(c2)c2cc4c(cc2n3-c2cccc(-c3nc(-c5ccccc5)nc(-c5ccccc5)n3)c2)sc2ccccc24)cc1. The summed E-state index contributed by atoms with van der Waals surface area (Å²) in [7, 11) is 0. The van der Waals surface area contributed by atoms with E-state index in [9.17, 15) is 0 Å². The highest BCUT2D eigenvalue weighted by Crippen LogP contribution is 2.42. The second-order valence-electron chi connectivity index (χ2n) is 12.5. The van der Waals surface area contributed by atoms with Gasteiger partial charge in [0, 0.05) is 53.3 Å². The molecule has 0 amide bonds. The minimum absolute atomic E-state index is 0.638. The van der Waals surface area contributed by atoms with Gasteiger partial charge in [0.25, 0.3) is 0 Å². The summed E-state index contributed by atoms with van der Waals surface area (Å²) >= 11 is 1.85. The molecule has 5 heteroatoms. The lowest BCUT2D eigenvalue weighted by atomic mass is 10.0. The molecule has 0 fully saturated rings. The van der Waals surface area contributed by atoms with Gasteiger partial charge in [-0.25, -0.2) is 15.0 Å². The molecule has 10 aromatic rings. The van der Waals surface area contributed by atoms with Crippen LogP contribution in [0.4, 0.5) is 0 Å². The van der Waals surface area contributed by atoms with Crippen LogP contribution >= 0.6 is 11.3 Å². The van der Waals surface area contributed by atoms with Crippen molar-refractivity contribution in [3.63, 3.8) is 0 Å². The number of fused-ring (bicyclic) bond motifs is 6. The predicted molar refractivity (Wildman–Crippen MR) is 209 cm³/mol. The smallest absolute Gasteiger partial charge is 0.164 e. The van der Waals surface area contributed by atoms with E-state index in [0.29, 0.717) is 17.5 Å². The summed E-state index contributed by atoms with van der Waals surface area (Å²) in [5.41, 5.74) is 8.63. The standard InChI is InChI=1S/C45H28N4S/c1-4-13-29(14-5-1)32-23-24-39-36(26-32)37-27-38-35-21-10-11-22-41(35)50-42(38)28-40(37)49(39)34-20-12-19-33(25-34)45-47-43(30-15-6-2-7-16-30)46-44(48-45)31-17-8-3-9-18-31/h1-28H. The molecule has 0 aliphatic heterocycles. The normalized spacial score (nSPS) is 11.6. The fraction of sp³-hybridized carbons (Fsp3) is 0. The van der Waals surface area contributed by atoms with Gasteiger partial charge in [0.1, 0.15) is 0 Å². The highest BCUT2D eigenvalue weighted by atomic mass is 32.1. The van der Waals surface area contributed by atoms with E-state index in [1.54, 1.807) is 0 Å². The number of thiophene rings is 1. The molecule has 3 heterocycles. The molecule has 50 heavy (non-hydrogen) atoms. The number of hydrogen-bond acceptors (Lipinski definition) is 4. The van der Waals surface area contributed by atoms with Crippen LogP contribution in [-0.4, -0.2) is 19.5 Å². The molecule has 0 saturated carbocycles. The molecule has 4 nitrogen and oxygen atoms in total. The molecule has 0 spiro atoms. The molecule has 0 aliphatic carbocycles. The maximum atomic E-state index is 5.03. The number of benzene rings is 7. The average Bonchev–Trinajstić information content (AvgIpc) is 3.72. The van der Waals surface area contributed by atoms with Crippen LogP contribution in [0, 0.1) is 0 Å². The highest BCUT2D eigenvalue weighted by Gasteiger charge is 2.18. The molecule has 0 atom stereocenters. The third-order valence-corrected chi connectivity index (χ3v) is 10.6. The third-order valence-electron chi connectivity index (χ3n) is 9.43. The maximum absolute atomic E-state index is 5.03. The summed E-state index contributed by atoms with van der Waals surface area (Å²) in [4.78, 5) is 15.0. The van der Waals surface area contributed by atoms with Gasteiger partial charge in [0.2, 0.25) is 0 Å². The molecule has 3 aromatic heterocycles. The van der Waals surface area contributed by atoms with Gasteiger partial charge in [0.05, 0.1) is 11.0 Å². The van der Waals surface area contributed by atoms with E-state index < -0.39 is 0 Å². The van der Waals surface area contributed by atoms with Crippen molar-refractivity contribution in [3.8, 4) is 51.0 Å². The van der Waals surface area contributed by atoms with Crippen molar-refractivity contribution in [2.45, 2.75) is 0 Å². The summed E-state index contributed by atoms with van der Waals surface area (Å²) in [6.45, 7) is 0. The van der Waals surface area contributed by atoms with Crippen LogP contribution in [-0.2, 0) is 0 Å². The maximum Gasteiger partial charge on any atom is 0.164 e. The van der Waals surface area contributed by atoms with Crippen LogP contribution in [0.15, 0.2) is 170 Å². The summed E-state index contributed by atoms with van der Waals surface area (Å²) in [5.74, 6) is 1.94. The highest BCUT2D eigenvalue weighted by molar-refractivity contribution is 7.25. The first kappa shape index (κ1) is 28.6. The molecule has 0 aliphatic rings. The van der Waals surface area contributed by atoms with Gasteiger partial charge in [-0.15, -0.1) is 11.3 Å². The fourth-order valence-corrected chi connectivity index (χ4v) is 8.17. The molecule has 0 unspecified atom stereocenters. The van der Waals surface area contributed by atoms with Crippen LogP contribution < -0.4 is 0 Å². The lowest BCUT2D eigenvalue weighted by Crippen LogP contribution is -2.01. The van der Waals surface area contributed by atoms with Crippen molar-refractivity contribution in [1.29, 1.82) is 0 Å². The molecule has 0 N–H and O–H groups in total. The van der Waals surface area contributed by atoms with Gasteiger partial charge >= 0.3 is 0 Å². The van der Waals surface area contributed by atoms with Crippen molar-refractivity contribution in [1.82, 2.24) is 19.5 Å². The molecule has 0 radical (unpaired) electrons. The Hall–Kier alpha value is -6.43. The average molecular weight is 657 g/mol. The molecule has 234 valence electrons. The first-order chi connectivity index (χ1) is 24.8. The second-order valence-corrected chi connectivity index (χ2v) is 13.6. The van der Waals surface area contributed by atoms with E-state index in [0.717, 1.165) is 27.9 Å². The van der Waals surface area contributed by atoms with E-state index in [-0.39, 0.29) is 0 Å². The Labute approximate surface area is 292 Å². The van der Waals surface area contributed by atoms with Gasteiger partial charge in [-0.2, -0.15) is 0 Å². The van der Waals surface area contributed by atoms with Crippen molar-refractivity contribution < 1.29 is 0 Å². The minimum atomic E-state index is 0.638. The van der Waals surface area contributed by atoms with Crippen LogP contribution in [0.5, 0.6) is 0 Å². The lowest BCUT2D eigenvalue weighted by molar-refractivity contribution is 1.07. The van der Waals surface area contributed by atoms with Crippen molar-refractivity contribution in [3.05, 3.63) is 170 Å². The van der Waals surface area contributed by atoms with Crippen molar-refractivity contribution >= 4 is 53.3 Å². The van der Waals surface area contributed by atoms with E-state index in [1.807, 2.05) is 72.0 Å². The summed E-state index contributed by atoms with van der Waals surface area (Å²) in [6, 6.07) is 59.8. The van der Waals surface area contributed by atoms with Crippen LogP contribution in [0.25, 0.3) is 93.0 Å². The van der Waals surface area contributed by atoms with Gasteiger partial charge in [-0.1, -0.05) is 127 Å². The zero-order chi connectivity index (χ0) is 33.0. The number of rotatable bonds is 5. The van der Waals surface area contributed by atoms with Crippen LogP contribution in [0.2, 0.25) is 0 Å². The Kier molecular flexibility index (Phi) is 6.64.